The van der Waals surface area contributed by atoms with E-state index in [9.17, 15) is 4.79 Å². The van der Waals surface area contributed by atoms with Crippen molar-refractivity contribution in [3.8, 4) is 5.75 Å². The Morgan fingerprint density at radius 2 is 2.11 bits per heavy atom. The number of amides is 1. The third-order valence-electron chi connectivity index (χ3n) is 3.84. The molecule has 0 aromatic carbocycles. The van der Waals surface area contributed by atoms with Crippen LogP contribution in [0.15, 0.2) is 24.5 Å². The number of carbonyl (C=O) groups is 1. The maximum atomic E-state index is 12.1. The normalized spacial score (nSPS) is 23.2. The van der Waals surface area contributed by atoms with Crippen LogP contribution in [0.4, 0.5) is 0 Å². The zero-order chi connectivity index (χ0) is 13.1. The number of hydrogen-bond donors (Lipinski definition) is 0. The molecular weight excluding hydrogens is 240 g/mol. The van der Waals surface area contributed by atoms with Gasteiger partial charge in [-0.3, -0.25) is 9.78 Å². The first-order chi connectivity index (χ1) is 9.31. The Morgan fingerprint density at radius 1 is 1.32 bits per heavy atom. The first-order valence-electron chi connectivity index (χ1n) is 7.16. The molecule has 2 aliphatic rings. The van der Waals surface area contributed by atoms with Crippen LogP contribution >= 0.6 is 0 Å². The standard InChI is InChI=1S/C15H20N2O2/c18-15(10-12-3-4-12)17-9-1-2-14(11-17)19-13-5-7-16-8-6-13/h5-8,12,14H,1-4,9-11H2/t14-/m0/s1. The van der Waals surface area contributed by atoms with E-state index in [1.807, 2.05) is 17.0 Å². The quantitative estimate of drug-likeness (QED) is 0.834. The third-order valence-corrected chi connectivity index (χ3v) is 3.84. The largest absolute Gasteiger partial charge is 0.488 e. The van der Waals surface area contributed by atoms with Crippen LogP contribution in [0, 0.1) is 5.92 Å². The summed E-state index contributed by atoms with van der Waals surface area (Å²) in [4.78, 5) is 18.1. The average molecular weight is 260 g/mol. The van der Waals surface area contributed by atoms with E-state index >= 15 is 0 Å². The van der Waals surface area contributed by atoms with E-state index in [1.54, 1.807) is 12.4 Å². The maximum absolute atomic E-state index is 12.1. The fourth-order valence-corrected chi connectivity index (χ4v) is 2.57. The summed E-state index contributed by atoms with van der Waals surface area (Å²) in [6.07, 6.45) is 8.85. The monoisotopic (exact) mass is 260 g/mol. The van der Waals surface area contributed by atoms with Crippen molar-refractivity contribution in [2.45, 2.75) is 38.2 Å². The number of hydrogen-bond acceptors (Lipinski definition) is 3. The fraction of sp³-hybridized carbons (Fsp3) is 0.600. The van der Waals surface area contributed by atoms with Gasteiger partial charge >= 0.3 is 0 Å². The molecule has 102 valence electrons. The number of nitrogens with zero attached hydrogens (tertiary/aromatic N) is 2. The van der Waals surface area contributed by atoms with Gasteiger partial charge in [0.15, 0.2) is 0 Å². The van der Waals surface area contributed by atoms with Crippen molar-refractivity contribution in [2.24, 2.45) is 5.92 Å². The predicted molar refractivity (Wildman–Crippen MR) is 71.8 cm³/mol. The summed E-state index contributed by atoms with van der Waals surface area (Å²) in [5.74, 6) is 1.82. The Labute approximate surface area is 113 Å². The molecule has 1 aromatic rings. The van der Waals surface area contributed by atoms with Crippen LogP contribution in [0.3, 0.4) is 0 Å². The molecule has 1 atom stereocenters. The summed E-state index contributed by atoms with van der Waals surface area (Å²) in [6.45, 7) is 1.62. The molecule has 0 radical (unpaired) electrons. The summed E-state index contributed by atoms with van der Waals surface area (Å²) >= 11 is 0. The van der Waals surface area contributed by atoms with Crippen LogP contribution in [0.5, 0.6) is 5.75 Å². The molecule has 0 unspecified atom stereocenters. The molecule has 1 aliphatic heterocycles. The fourth-order valence-electron chi connectivity index (χ4n) is 2.57. The molecule has 4 heteroatoms. The van der Waals surface area contributed by atoms with Gasteiger partial charge in [0, 0.05) is 25.4 Å². The van der Waals surface area contributed by atoms with Gasteiger partial charge in [-0.05, 0) is 43.7 Å². The molecule has 2 fully saturated rings. The van der Waals surface area contributed by atoms with Crippen LogP contribution in [0.1, 0.15) is 32.1 Å². The highest BCUT2D eigenvalue weighted by Crippen LogP contribution is 2.33. The highest BCUT2D eigenvalue weighted by Gasteiger charge is 2.30. The molecule has 1 saturated heterocycles. The molecule has 1 aromatic heterocycles. The highest BCUT2D eigenvalue weighted by molar-refractivity contribution is 5.76. The molecule has 19 heavy (non-hydrogen) atoms. The minimum Gasteiger partial charge on any atom is -0.488 e. The Hall–Kier alpha value is -1.58. The van der Waals surface area contributed by atoms with Crippen LogP contribution in [0.2, 0.25) is 0 Å². The first kappa shape index (κ1) is 12.5. The summed E-state index contributed by atoms with van der Waals surface area (Å²) in [5, 5.41) is 0. The molecule has 0 spiro atoms. The van der Waals surface area contributed by atoms with E-state index < -0.39 is 0 Å². The van der Waals surface area contributed by atoms with Crippen molar-refractivity contribution >= 4 is 5.91 Å². The van der Waals surface area contributed by atoms with Gasteiger partial charge in [-0.15, -0.1) is 0 Å². The zero-order valence-corrected chi connectivity index (χ0v) is 11.1. The number of carbonyl (C=O) groups excluding carboxylic acids is 1. The number of ether oxygens (including phenoxy) is 1. The van der Waals surface area contributed by atoms with E-state index in [0.29, 0.717) is 11.8 Å². The Bertz CT molecular complexity index is 431. The molecule has 1 amide bonds. The second-order valence-electron chi connectivity index (χ2n) is 5.55. The van der Waals surface area contributed by atoms with Crippen molar-refractivity contribution in [3.05, 3.63) is 24.5 Å². The molecule has 0 bridgehead atoms. The number of aromatic nitrogens is 1. The smallest absolute Gasteiger partial charge is 0.222 e. The van der Waals surface area contributed by atoms with E-state index in [1.165, 1.54) is 12.8 Å². The molecular formula is C15H20N2O2. The molecule has 3 rings (SSSR count). The maximum Gasteiger partial charge on any atom is 0.222 e. The lowest BCUT2D eigenvalue weighted by atomic mass is 10.1. The minimum absolute atomic E-state index is 0.124. The number of likely N-dealkylation sites (tertiary alicyclic amines) is 1. The van der Waals surface area contributed by atoms with Gasteiger partial charge in [-0.2, -0.15) is 0 Å². The predicted octanol–water partition coefficient (Wildman–Crippen LogP) is 2.25. The first-order valence-corrected chi connectivity index (χ1v) is 7.16. The molecule has 1 saturated carbocycles. The molecule has 0 N–H and O–H groups in total. The zero-order valence-electron chi connectivity index (χ0n) is 11.1. The van der Waals surface area contributed by atoms with Gasteiger partial charge in [0.2, 0.25) is 5.91 Å². The minimum atomic E-state index is 0.124. The van der Waals surface area contributed by atoms with E-state index in [4.69, 9.17) is 4.74 Å². The lowest BCUT2D eigenvalue weighted by molar-refractivity contribution is -0.134. The topological polar surface area (TPSA) is 42.4 Å². The van der Waals surface area contributed by atoms with Crippen LogP contribution < -0.4 is 4.74 Å². The van der Waals surface area contributed by atoms with E-state index in [0.717, 1.165) is 38.1 Å². The Balaban J connectivity index is 1.53. The van der Waals surface area contributed by atoms with E-state index in [-0.39, 0.29) is 6.10 Å². The lowest BCUT2D eigenvalue weighted by Gasteiger charge is -2.33. The number of rotatable bonds is 4. The van der Waals surface area contributed by atoms with Crippen molar-refractivity contribution in [3.63, 3.8) is 0 Å². The number of pyridine rings is 1. The van der Waals surface area contributed by atoms with Gasteiger partial charge in [0.1, 0.15) is 11.9 Å². The molecule has 1 aliphatic carbocycles. The van der Waals surface area contributed by atoms with Crippen molar-refractivity contribution in [2.75, 3.05) is 13.1 Å². The highest BCUT2D eigenvalue weighted by atomic mass is 16.5. The van der Waals surface area contributed by atoms with Crippen molar-refractivity contribution in [1.29, 1.82) is 0 Å². The molecule has 2 heterocycles. The average Bonchev–Trinajstić information content (AvgIpc) is 3.24. The van der Waals surface area contributed by atoms with Crippen LogP contribution in [-0.4, -0.2) is 35.0 Å². The summed E-state index contributed by atoms with van der Waals surface area (Å²) in [7, 11) is 0. The van der Waals surface area contributed by atoms with Gasteiger partial charge in [0.25, 0.3) is 0 Å². The van der Waals surface area contributed by atoms with Gasteiger partial charge in [-0.25, -0.2) is 0 Å². The van der Waals surface area contributed by atoms with Crippen molar-refractivity contribution in [1.82, 2.24) is 9.88 Å². The number of piperidine rings is 1. The summed E-state index contributed by atoms with van der Waals surface area (Å²) in [5.41, 5.74) is 0. The van der Waals surface area contributed by atoms with Gasteiger partial charge < -0.3 is 9.64 Å². The van der Waals surface area contributed by atoms with E-state index in [2.05, 4.69) is 4.98 Å². The lowest BCUT2D eigenvalue weighted by Crippen LogP contribution is -2.44. The van der Waals surface area contributed by atoms with Crippen LogP contribution in [-0.2, 0) is 4.79 Å². The second-order valence-corrected chi connectivity index (χ2v) is 5.55. The van der Waals surface area contributed by atoms with Crippen molar-refractivity contribution < 1.29 is 9.53 Å². The van der Waals surface area contributed by atoms with Gasteiger partial charge in [0.05, 0.1) is 6.54 Å². The molecule has 4 nitrogen and oxygen atoms in total. The summed E-state index contributed by atoms with van der Waals surface area (Å²) in [6, 6.07) is 3.73. The Kier molecular flexibility index (Phi) is 3.67. The third kappa shape index (κ3) is 3.46. The second kappa shape index (κ2) is 5.59. The Morgan fingerprint density at radius 3 is 2.84 bits per heavy atom. The SMILES string of the molecule is O=C(CC1CC1)N1CCC[C@H](Oc2ccncc2)C1. The van der Waals surface area contributed by atoms with Crippen LogP contribution in [0.25, 0.3) is 0 Å². The summed E-state index contributed by atoms with van der Waals surface area (Å²) < 4.78 is 5.92. The van der Waals surface area contributed by atoms with Gasteiger partial charge in [-0.1, -0.05) is 0 Å².